The zero-order chi connectivity index (χ0) is 13.2. The van der Waals surface area contributed by atoms with Gasteiger partial charge in [-0.05, 0) is 35.3 Å². The van der Waals surface area contributed by atoms with E-state index in [-0.39, 0.29) is 0 Å². The predicted molar refractivity (Wildman–Crippen MR) is 76.4 cm³/mol. The molecular formula is C10H12NO4PS2. The van der Waals surface area contributed by atoms with Gasteiger partial charge in [-0.25, -0.2) is 4.79 Å². The molecule has 2 aromatic rings. The van der Waals surface area contributed by atoms with E-state index < -0.39 is 11.4 Å². The molecular weight excluding hydrogens is 293 g/mol. The summed E-state index contributed by atoms with van der Waals surface area (Å²) in [5.41, 5.74) is -1.07. The van der Waals surface area contributed by atoms with Gasteiger partial charge in [0.05, 0.1) is 11.4 Å². The topological polar surface area (TPSA) is 53.6 Å². The maximum absolute atomic E-state index is 11.7. The molecule has 0 aliphatic rings. The molecule has 0 fully saturated rings. The Morgan fingerprint density at radius 3 is 2.72 bits per heavy atom. The molecule has 0 unspecified atom stereocenters. The number of oxazole rings is 1. The molecule has 0 bridgehead atoms. The third-order valence-electron chi connectivity index (χ3n) is 2.37. The quantitative estimate of drug-likeness (QED) is 0.792. The van der Waals surface area contributed by atoms with E-state index in [1.807, 2.05) is 18.2 Å². The van der Waals surface area contributed by atoms with E-state index in [0.717, 1.165) is 5.52 Å². The molecule has 0 N–H and O–H groups in total. The predicted octanol–water partition coefficient (Wildman–Crippen LogP) is 2.80. The van der Waals surface area contributed by atoms with E-state index >= 15 is 0 Å². The van der Waals surface area contributed by atoms with Crippen molar-refractivity contribution in [2.45, 2.75) is 5.88 Å². The van der Waals surface area contributed by atoms with Crippen LogP contribution >= 0.6 is 17.1 Å². The Kier molecular flexibility index (Phi) is 4.29. The van der Waals surface area contributed by atoms with E-state index in [1.54, 1.807) is 6.07 Å². The van der Waals surface area contributed by atoms with Crippen molar-refractivity contribution in [1.82, 2.24) is 4.57 Å². The molecule has 0 amide bonds. The lowest BCUT2D eigenvalue weighted by molar-refractivity contribution is 0.354. The van der Waals surface area contributed by atoms with Gasteiger partial charge in [-0.1, -0.05) is 12.1 Å². The summed E-state index contributed by atoms with van der Waals surface area (Å²) in [6, 6.07) is 7.24. The van der Waals surface area contributed by atoms with Crippen LogP contribution in [-0.2, 0) is 26.7 Å². The molecule has 0 atom stereocenters. The summed E-state index contributed by atoms with van der Waals surface area (Å²) in [4.78, 5) is 11.7. The smallest absolute Gasteiger partial charge is 0.408 e. The summed E-state index contributed by atoms with van der Waals surface area (Å²) in [6.45, 7) is 0. The standard InChI is InChI=1S/C10H12NO4PS2/c1-13-16(17,14-2)18-7-11-8-5-3-4-6-9(8)15-10(11)12/h3-6H,7H2,1-2H3. The number of hydrogen-bond donors (Lipinski definition) is 0. The van der Waals surface area contributed by atoms with Gasteiger partial charge in [-0.2, -0.15) is 0 Å². The number of fused-ring (bicyclic) bond motifs is 1. The van der Waals surface area contributed by atoms with Gasteiger partial charge in [0.2, 0.25) is 5.69 Å². The maximum atomic E-state index is 11.7. The fourth-order valence-electron chi connectivity index (χ4n) is 1.44. The van der Waals surface area contributed by atoms with Gasteiger partial charge in [0.25, 0.3) is 0 Å². The highest BCUT2D eigenvalue weighted by atomic mass is 32.9. The molecule has 1 aromatic heterocycles. The molecule has 0 aliphatic carbocycles. The number of benzene rings is 1. The molecule has 0 spiro atoms. The molecule has 1 aromatic carbocycles. The highest BCUT2D eigenvalue weighted by Crippen LogP contribution is 2.60. The Hall–Kier alpha value is -0.590. The van der Waals surface area contributed by atoms with E-state index in [9.17, 15) is 4.79 Å². The maximum Gasteiger partial charge on any atom is 0.420 e. The van der Waals surface area contributed by atoms with Crippen molar-refractivity contribution in [3.63, 3.8) is 0 Å². The number of nitrogens with zero attached hydrogens (tertiary/aromatic N) is 1. The lowest BCUT2D eigenvalue weighted by atomic mass is 10.3. The van der Waals surface area contributed by atoms with Gasteiger partial charge in [-0.15, -0.1) is 0 Å². The number of aromatic nitrogens is 1. The van der Waals surface area contributed by atoms with Crippen LogP contribution in [0.2, 0.25) is 0 Å². The third kappa shape index (κ3) is 2.70. The van der Waals surface area contributed by atoms with Crippen LogP contribution in [0.5, 0.6) is 0 Å². The van der Waals surface area contributed by atoms with Crippen molar-refractivity contribution < 1.29 is 13.5 Å². The molecule has 2 rings (SSSR count). The van der Waals surface area contributed by atoms with Crippen LogP contribution in [0, 0.1) is 0 Å². The van der Waals surface area contributed by atoms with Crippen molar-refractivity contribution in [1.29, 1.82) is 0 Å². The van der Waals surface area contributed by atoms with Gasteiger partial charge in [0.1, 0.15) is 0 Å². The second-order valence-electron chi connectivity index (χ2n) is 3.33. The van der Waals surface area contributed by atoms with Crippen LogP contribution in [0.25, 0.3) is 11.1 Å². The van der Waals surface area contributed by atoms with Crippen LogP contribution < -0.4 is 5.76 Å². The van der Waals surface area contributed by atoms with Crippen LogP contribution in [0.15, 0.2) is 33.5 Å². The Labute approximate surface area is 113 Å². The van der Waals surface area contributed by atoms with Gasteiger partial charge >= 0.3 is 5.76 Å². The largest absolute Gasteiger partial charge is 0.420 e. The van der Waals surface area contributed by atoms with Crippen molar-refractivity contribution in [2.24, 2.45) is 0 Å². The summed E-state index contributed by atoms with van der Waals surface area (Å²) in [6.07, 6.45) is 0. The minimum absolute atomic E-state index is 0.342. The molecule has 5 nitrogen and oxygen atoms in total. The van der Waals surface area contributed by atoms with E-state index in [2.05, 4.69) is 0 Å². The average molecular weight is 305 g/mol. The van der Waals surface area contributed by atoms with Crippen molar-refractivity contribution in [2.75, 3.05) is 14.2 Å². The Balaban J connectivity index is 2.30. The molecule has 0 saturated carbocycles. The lowest BCUT2D eigenvalue weighted by Gasteiger charge is -2.16. The molecule has 0 saturated heterocycles. The van der Waals surface area contributed by atoms with Crippen LogP contribution in [0.4, 0.5) is 0 Å². The summed E-state index contributed by atoms with van der Waals surface area (Å²) >= 11 is 6.52. The Morgan fingerprint density at radius 1 is 1.39 bits per heavy atom. The molecule has 18 heavy (non-hydrogen) atoms. The summed E-state index contributed by atoms with van der Waals surface area (Å²) in [5.74, 6) is -0.0631. The minimum Gasteiger partial charge on any atom is -0.408 e. The highest BCUT2D eigenvalue weighted by Gasteiger charge is 2.18. The first kappa shape index (κ1) is 13.8. The van der Waals surface area contributed by atoms with E-state index in [1.165, 1.54) is 30.2 Å². The zero-order valence-electron chi connectivity index (χ0n) is 9.86. The normalized spacial score (nSPS) is 12.1. The van der Waals surface area contributed by atoms with Crippen molar-refractivity contribution in [3.05, 3.63) is 34.8 Å². The number of rotatable bonds is 5. The highest BCUT2D eigenvalue weighted by molar-refractivity contribution is 8.67. The SMILES string of the molecule is COP(=S)(OC)SCn1c(=O)oc2ccccc21. The lowest BCUT2D eigenvalue weighted by Crippen LogP contribution is -2.12. The van der Waals surface area contributed by atoms with Crippen LogP contribution in [0.1, 0.15) is 0 Å². The Bertz CT molecular complexity index is 643. The third-order valence-corrected chi connectivity index (χ3v) is 7.98. The molecule has 98 valence electrons. The first-order valence-corrected chi connectivity index (χ1v) is 9.27. The molecule has 8 heteroatoms. The van der Waals surface area contributed by atoms with Crippen molar-refractivity contribution in [3.8, 4) is 0 Å². The summed E-state index contributed by atoms with van der Waals surface area (Å²) in [7, 11) is 3.01. The monoisotopic (exact) mass is 305 g/mol. The van der Waals surface area contributed by atoms with Gasteiger partial charge in [0.15, 0.2) is 5.58 Å². The van der Waals surface area contributed by atoms with Gasteiger partial charge < -0.3 is 13.5 Å². The van der Waals surface area contributed by atoms with E-state index in [0.29, 0.717) is 11.5 Å². The second-order valence-corrected chi connectivity index (χ2v) is 9.83. The molecule has 0 radical (unpaired) electrons. The van der Waals surface area contributed by atoms with Gasteiger partial charge in [0, 0.05) is 14.2 Å². The first-order chi connectivity index (χ1) is 8.59. The zero-order valence-corrected chi connectivity index (χ0v) is 12.4. The van der Waals surface area contributed by atoms with Crippen LogP contribution in [0.3, 0.4) is 0 Å². The first-order valence-electron chi connectivity index (χ1n) is 5.04. The average Bonchev–Trinajstić information content (AvgIpc) is 2.72. The molecule has 1 heterocycles. The van der Waals surface area contributed by atoms with Gasteiger partial charge in [-0.3, -0.25) is 4.57 Å². The summed E-state index contributed by atoms with van der Waals surface area (Å²) < 4.78 is 17.0. The van der Waals surface area contributed by atoms with Crippen LogP contribution in [-0.4, -0.2) is 18.8 Å². The summed E-state index contributed by atoms with van der Waals surface area (Å²) in [5, 5.41) is 0. The Morgan fingerprint density at radius 2 is 2.06 bits per heavy atom. The number of hydrogen-bond acceptors (Lipinski definition) is 6. The fraction of sp³-hybridized carbons (Fsp3) is 0.300. The number of para-hydroxylation sites is 2. The second kappa shape index (κ2) is 5.59. The van der Waals surface area contributed by atoms with Crippen molar-refractivity contribution >= 4 is 40.0 Å². The van der Waals surface area contributed by atoms with E-state index in [4.69, 9.17) is 25.3 Å². The minimum atomic E-state index is -2.37. The fourth-order valence-corrected chi connectivity index (χ4v) is 4.13. The molecule has 0 aliphatic heterocycles.